The Morgan fingerprint density at radius 3 is 2.81 bits per heavy atom. The predicted octanol–water partition coefficient (Wildman–Crippen LogP) is 2.20. The maximum atomic E-state index is 13.0. The summed E-state index contributed by atoms with van der Waals surface area (Å²) >= 11 is 8.17. The molecule has 12 heteroatoms. The molecule has 4 aromatic rings. The van der Waals surface area contributed by atoms with E-state index in [4.69, 9.17) is 33.0 Å². The molecule has 2 aliphatic heterocycles. The van der Waals surface area contributed by atoms with Crippen molar-refractivity contribution in [1.29, 1.82) is 0 Å². The van der Waals surface area contributed by atoms with Gasteiger partial charge in [-0.25, -0.2) is 9.97 Å². The lowest BCUT2D eigenvalue weighted by molar-refractivity contribution is -0.139. The van der Waals surface area contributed by atoms with E-state index >= 15 is 0 Å². The molecular weight excluding hydrogens is 498 g/mol. The second-order valence-electron chi connectivity index (χ2n) is 9.32. The number of nitrogens with zero attached hydrogens (tertiary/aromatic N) is 6. The minimum absolute atomic E-state index is 0.0506. The van der Waals surface area contributed by atoms with Crippen molar-refractivity contribution in [3.8, 4) is 0 Å². The third-order valence-corrected chi connectivity index (χ3v) is 8.06. The van der Waals surface area contributed by atoms with Crippen LogP contribution in [0.2, 0.25) is 5.02 Å². The van der Waals surface area contributed by atoms with Crippen LogP contribution in [0.1, 0.15) is 12.6 Å². The zero-order valence-electron chi connectivity index (χ0n) is 19.7. The van der Waals surface area contributed by atoms with Crippen molar-refractivity contribution in [3.63, 3.8) is 0 Å². The highest BCUT2D eigenvalue weighted by Gasteiger charge is 2.41. The van der Waals surface area contributed by atoms with Crippen molar-refractivity contribution in [2.24, 2.45) is 17.4 Å². The molecule has 10 nitrogen and oxygen atoms in total. The fourth-order valence-corrected chi connectivity index (χ4v) is 5.99. The monoisotopic (exact) mass is 523 g/mol. The molecule has 2 aliphatic rings. The Kier molecular flexibility index (Phi) is 5.95. The molecule has 4 aromatic heterocycles. The van der Waals surface area contributed by atoms with Gasteiger partial charge in [0, 0.05) is 61.2 Å². The van der Waals surface area contributed by atoms with E-state index in [0.29, 0.717) is 47.8 Å². The van der Waals surface area contributed by atoms with E-state index in [1.54, 1.807) is 17.3 Å². The number of aryl methyl sites for hydroxylation is 1. The molecule has 0 spiro atoms. The number of H-pyrrole nitrogens is 1. The molecule has 6 rings (SSSR count). The summed E-state index contributed by atoms with van der Waals surface area (Å²) in [5.74, 6) is 0.412. The number of amides is 1. The van der Waals surface area contributed by atoms with Crippen LogP contribution in [0.25, 0.3) is 22.1 Å². The van der Waals surface area contributed by atoms with Gasteiger partial charge in [0.05, 0.1) is 27.4 Å². The number of aromatic nitrogens is 5. The minimum atomic E-state index is -0.322. The molecule has 0 unspecified atom stereocenters. The average Bonchev–Trinajstić information content (AvgIpc) is 3.40. The van der Waals surface area contributed by atoms with E-state index in [1.807, 2.05) is 25.1 Å². The minimum Gasteiger partial charge on any atom is -0.353 e. The van der Waals surface area contributed by atoms with Gasteiger partial charge in [0.2, 0.25) is 5.91 Å². The van der Waals surface area contributed by atoms with Gasteiger partial charge in [-0.05, 0) is 36.4 Å². The maximum Gasteiger partial charge on any atom is 0.229 e. The third kappa shape index (κ3) is 4.05. The molecule has 0 aromatic carbocycles. The van der Waals surface area contributed by atoms with Crippen LogP contribution in [-0.4, -0.2) is 74.0 Å². The first-order chi connectivity index (χ1) is 17.4. The molecule has 2 fully saturated rings. The second kappa shape index (κ2) is 9.15. The molecule has 2 saturated heterocycles. The van der Waals surface area contributed by atoms with E-state index in [9.17, 15) is 4.79 Å². The summed E-state index contributed by atoms with van der Waals surface area (Å²) in [7, 11) is 0. The Balaban J connectivity index is 1.36. The summed E-state index contributed by atoms with van der Waals surface area (Å²) in [4.78, 5) is 39.7. The number of likely N-dealkylation sites (tertiary alicyclic amines) is 1. The number of carbonyl (C=O) groups is 1. The highest BCUT2D eigenvalue weighted by molar-refractivity contribution is 7.99. The molecule has 5 N–H and O–H groups in total. The van der Waals surface area contributed by atoms with Crippen LogP contribution in [-0.2, 0) is 11.2 Å². The molecule has 36 heavy (non-hydrogen) atoms. The zero-order valence-corrected chi connectivity index (χ0v) is 21.3. The summed E-state index contributed by atoms with van der Waals surface area (Å²) in [6, 6.07) is 5.50. The molecule has 186 valence electrons. The van der Waals surface area contributed by atoms with Crippen molar-refractivity contribution in [1.82, 2.24) is 29.8 Å². The Bertz CT molecular complexity index is 1470. The number of carbonyl (C=O) groups excluding carboxylic acids is 1. The Morgan fingerprint density at radius 1 is 1.19 bits per heavy atom. The van der Waals surface area contributed by atoms with E-state index in [1.165, 1.54) is 11.8 Å². The average molecular weight is 524 g/mol. The van der Waals surface area contributed by atoms with E-state index < -0.39 is 0 Å². The lowest BCUT2D eigenvalue weighted by Crippen LogP contribution is -2.60. The number of fused-ring (bicyclic) bond motifs is 2. The number of aromatic amines is 1. The highest BCUT2D eigenvalue weighted by atomic mass is 35.5. The number of hydrogen-bond acceptors (Lipinski definition) is 9. The molecule has 0 saturated carbocycles. The smallest absolute Gasteiger partial charge is 0.229 e. The Labute approximate surface area is 216 Å². The van der Waals surface area contributed by atoms with Crippen LogP contribution < -0.4 is 16.4 Å². The van der Waals surface area contributed by atoms with Gasteiger partial charge >= 0.3 is 0 Å². The molecule has 0 radical (unpaired) electrons. The molecule has 6 heterocycles. The van der Waals surface area contributed by atoms with Gasteiger partial charge in [-0.1, -0.05) is 18.5 Å². The number of pyridine rings is 2. The van der Waals surface area contributed by atoms with Crippen LogP contribution >= 0.6 is 23.4 Å². The first-order valence-electron chi connectivity index (χ1n) is 11.9. The van der Waals surface area contributed by atoms with Crippen LogP contribution in [0.5, 0.6) is 0 Å². The summed E-state index contributed by atoms with van der Waals surface area (Å²) in [6.45, 7) is 4.16. The van der Waals surface area contributed by atoms with Gasteiger partial charge in [-0.15, -0.1) is 0 Å². The van der Waals surface area contributed by atoms with Crippen LogP contribution in [0.4, 0.5) is 5.82 Å². The number of rotatable bonds is 5. The van der Waals surface area contributed by atoms with Crippen molar-refractivity contribution >= 4 is 57.2 Å². The van der Waals surface area contributed by atoms with E-state index in [2.05, 4.69) is 19.9 Å². The summed E-state index contributed by atoms with van der Waals surface area (Å²) in [5, 5.41) is 1.90. The van der Waals surface area contributed by atoms with Crippen molar-refractivity contribution in [3.05, 3.63) is 41.3 Å². The van der Waals surface area contributed by atoms with Gasteiger partial charge in [0.1, 0.15) is 11.5 Å². The standard InChI is InChI=1S/C24H26ClN9OS/c1-2-16-20(25)19-21(30-16)31-24(36-13-6-18-17(29-7-13)4-3-5-28-18)32-22(19)33-10-14(15(27)11-33)23(35)34-8-12(26)9-34/h3-7,12,14-15H,2,8-11,26-27H2,1H3,(H,30,31,32)/t14-,15+/m1/s1. The van der Waals surface area contributed by atoms with Gasteiger partial charge in [-0.2, -0.15) is 0 Å². The summed E-state index contributed by atoms with van der Waals surface area (Å²) in [5.41, 5.74) is 15.5. The lowest BCUT2D eigenvalue weighted by Gasteiger charge is -2.38. The number of anilines is 1. The number of nitrogens with one attached hydrogen (secondary N) is 1. The van der Waals surface area contributed by atoms with Crippen LogP contribution in [0.15, 0.2) is 40.6 Å². The SMILES string of the molecule is CCc1[nH]c2nc(Sc3cnc4cccnc4c3)nc(N3C[C@H](N)[C@H](C(=O)N4CC(N)C4)C3)c2c1Cl. The molecule has 0 aliphatic carbocycles. The van der Waals surface area contributed by atoms with Crippen molar-refractivity contribution in [2.45, 2.75) is 35.5 Å². The normalized spacial score (nSPS) is 20.4. The first kappa shape index (κ1) is 23.4. The number of hydrogen-bond donors (Lipinski definition) is 3. The fourth-order valence-electron chi connectivity index (χ4n) is 4.87. The Morgan fingerprint density at radius 2 is 2.03 bits per heavy atom. The summed E-state index contributed by atoms with van der Waals surface area (Å²) < 4.78 is 0. The van der Waals surface area contributed by atoms with E-state index in [0.717, 1.165) is 33.4 Å². The number of nitrogens with two attached hydrogens (primary N) is 2. The molecule has 0 bridgehead atoms. The molecule has 1 amide bonds. The molecule has 2 atom stereocenters. The van der Waals surface area contributed by atoms with E-state index in [-0.39, 0.29) is 23.9 Å². The first-order valence-corrected chi connectivity index (χ1v) is 13.1. The van der Waals surface area contributed by atoms with Crippen molar-refractivity contribution in [2.75, 3.05) is 31.1 Å². The Hall–Kier alpha value is -2.99. The highest BCUT2D eigenvalue weighted by Crippen LogP contribution is 2.38. The number of halogens is 1. The quantitative estimate of drug-likeness (QED) is 0.335. The lowest BCUT2D eigenvalue weighted by atomic mass is 9.99. The largest absolute Gasteiger partial charge is 0.353 e. The zero-order chi connectivity index (χ0) is 25.0. The van der Waals surface area contributed by atoms with Crippen molar-refractivity contribution < 1.29 is 4.79 Å². The maximum absolute atomic E-state index is 13.0. The third-order valence-electron chi connectivity index (χ3n) is 6.82. The van der Waals surface area contributed by atoms with Gasteiger partial charge in [-0.3, -0.25) is 14.8 Å². The van der Waals surface area contributed by atoms with Gasteiger partial charge in [0.15, 0.2) is 5.16 Å². The van der Waals surface area contributed by atoms with Gasteiger partial charge < -0.3 is 26.3 Å². The van der Waals surface area contributed by atoms with Crippen LogP contribution in [0.3, 0.4) is 0 Å². The molecular formula is C24H26ClN9OS. The van der Waals surface area contributed by atoms with Gasteiger partial charge in [0.25, 0.3) is 0 Å². The topological polar surface area (TPSA) is 143 Å². The fraction of sp³-hybridized carbons (Fsp3) is 0.375. The summed E-state index contributed by atoms with van der Waals surface area (Å²) in [6.07, 6.45) is 4.26. The van der Waals surface area contributed by atoms with Crippen LogP contribution in [0, 0.1) is 5.92 Å². The predicted molar refractivity (Wildman–Crippen MR) is 140 cm³/mol. The second-order valence-corrected chi connectivity index (χ2v) is 10.7.